The Morgan fingerprint density at radius 2 is 1.73 bits per heavy atom. The molecule has 26 heavy (non-hydrogen) atoms. The van der Waals surface area contributed by atoms with Gasteiger partial charge in [0.25, 0.3) is 0 Å². The molecule has 0 saturated heterocycles. The lowest BCUT2D eigenvalue weighted by Gasteiger charge is -2.20. The molecular weight excluding hydrogens is 330 g/mol. The minimum absolute atomic E-state index is 0.412. The Hall–Kier alpha value is -3.08. The highest BCUT2D eigenvalue weighted by atomic mass is 16.4. The lowest BCUT2D eigenvalue weighted by atomic mass is 10.1. The van der Waals surface area contributed by atoms with Crippen molar-refractivity contribution < 1.29 is 8.83 Å². The third-order valence-electron chi connectivity index (χ3n) is 4.25. The van der Waals surface area contributed by atoms with E-state index in [2.05, 4.69) is 18.7 Å². The highest BCUT2D eigenvalue weighted by Gasteiger charge is 2.07. The van der Waals surface area contributed by atoms with Gasteiger partial charge in [0, 0.05) is 36.3 Å². The lowest BCUT2D eigenvalue weighted by molar-refractivity contribution is 0.480. The second-order valence-electron chi connectivity index (χ2n) is 6.04. The lowest BCUT2D eigenvalue weighted by Crippen LogP contribution is -2.21. The van der Waals surface area contributed by atoms with Crippen molar-refractivity contribution in [1.29, 1.82) is 0 Å². The molecule has 0 aliphatic heterocycles. The Balaban J connectivity index is 1.98. The van der Waals surface area contributed by atoms with E-state index in [-0.39, 0.29) is 0 Å². The number of anilines is 1. The fraction of sp³-hybridized carbons (Fsp3) is 0.238. The molecule has 0 aliphatic carbocycles. The summed E-state index contributed by atoms with van der Waals surface area (Å²) in [4.78, 5) is 25.9. The molecule has 0 fully saturated rings. The van der Waals surface area contributed by atoms with Gasteiger partial charge >= 0.3 is 11.3 Å². The van der Waals surface area contributed by atoms with Crippen LogP contribution in [0.3, 0.4) is 0 Å². The van der Waals surface area contributed by atoms with Crippen LogP contribution in [0.1, 0.15) is 30.7 Å². The van der Waals surface area contributed by atoms with Gasteiger partial charge in [-0.1, -0.05) is 6.08 Å². The van der Waals surface area contributed by atoms with Crippen LogP contribution in [0, 0.1) is 6.92 Å². The number of hydrogen-bond donors (Lipinski definition) is 0. The monoisotopic (exact) mass is 351 g/mol. The zero-order valence-electron chi connectivity index (χ0n) is 15.1. The number of rotatable bonds is 5. The van der Waals surface area contributed by atoms with Gasteiger partial charge < -0.3 is 13.7 Å². The van der Waals surface area contributed by atoms with Crippen molar-refractivity contribution in [3.8, 4) is 0 Å². The van der Waals surface area contributed by atoms with E-state index in [0.29, 0.717) is 22.5 Å². The highest BCUT2D eigenvalue weighted by Crippen LogP contribution is 2.22. The first-order chi connectivity index (χ1) is 12.5. The van der Waals surface area contributed by atoms with Gasteiger partial charge in [-0.05, 0) is 56.7 Å². The summed E-state index contributed by atoms with van der Waals surface area (Å²) < 4.78 is 10.4. The molecule has 0 saturated carbocycles. The van der Waals surface area contributed by atoms with Crippen LogP contribution in [0.25, 0.3) is 23.1 Å². The minimum Gasteiger partial charge on any atom is -0.428 e. The summed E-state index contributed by atoms with van der Waals surface area (Å²) in [5.74, 6) is 0.520. The van der Waals surface area contributed by atoms with Crippen molar-refractivity contribution in [2.75, 3.05) is 18.0 Å². The van der Waals surface area contributed by atoms with Gasteiger partial charge in [-0.25, -0.2) is 9.59 Å². The van der Waals surface area contributed by atoms with Crippen molar-refractivity contribution >= 4 is 28.8 Å². The van der Waals surface area contributed by atoms with Gasteiger partial charge in [0.15, 0.2) is 0 Å². The molecule has 0 radical (unpaired) electrons. The zero-order valence-corrected chi connectivity index (χ0v) is 15.1. The molecule has 0 amide bonds. The average molecular weight is 351 g/mol. The Bertz CT molecular complexity index is 1070. The molecule has 3 rings (SSSR count). The van der Waals surface area contributed by atoms with Crippen molar-refractivity contribution in [3.05, 3.63) is 74.1 Å². The molecule has 0 spiro atoms. The zero-order chi connectivity index (χ0) is 18.7. The normalized spacial score (nSPS) is 11.3. The standard InChI is InChI=1S/C21H21NO4/c1-4-22(5-2)18-9-8-16-12-17(21(24)26-19(16)13-18)7-6-15-10-14(3)25-20(23)11-15/h6-13H,4-5H2,1-3H3/b7-6+. The third-order valence-corrected chi connectivity index (χ3v) is 4.25. The van der Waals surface area contributed by atoms with Crippen LogP contribution in [0.4, 0.5) is 5.69 Å². The van der Waals surface area contributed by atoms with E-state index in [9.17, 15) is 9.59 Å². The topological polar surface area (TPSA) is 63.7 Å². The fourth-order valence-corrected chi connectivity index (χ4v) is 2.93. The molecular formula is C21H21NO4. The van der Waals surface area contributed by atoms with Crippen LogP contribution in [-0.4, -0.2) is 13.1 Å². The van der Waals surface area contributed by atoms with E-state index in [0.717, 1.165) is 24.2 Å². The second-order valence-corrected chi connectivity index (χ2v) is 6.04. The second kappa shape index (κ2) is 7.44. The summed E-state index contributed by atoms with van der Waals surface area (Å²) in [7, 11) is 0. The molecule has 5 heteroatoms. The number of hydrogen-bond acceptors (Lipinski definition) is 5. The van der Waals surface area contributed by atoms with E-state index in [4.69, 9.17) is 8.83 Å². The quantitative estimate of drug-likeness (QED) is 0.648. The fourth-order valence-electron chi connectivity index (χ4n) is 2.93. The maximum Gasteiger partial charge on any atom is 0.343 e. The minimum atomic E-state index is -0.417. The molecule has 1 aromatic carbocycles. The first kappa shape index (κ1) is 17.7. The first-order valence-corrected chi connectivity index (χ1v) is 8.63. The average Bonchev–Trinajstić information content (AvgIpc) is 2.60. The van der Waals surface area contributed by atoms with Gasteiger partial charge in [-0.3, -0.25) is 0 Å². The molecule has 3 aromatic rings. The van der Waals surface area contributed by atoms with Crippen molar-refractivity contribution in [3.63, 3.8) is 0 Å². The van der Waals surface area contributed by atoms with Crippen molar-refractivity contribution in [1.82, 2.24) is 0 Å². The van der Waals surface area contributed by atoms with Crippen LogP contribution in [0.2, 0.25) is 0 Å². The predicted octanol–water partition coefficient (Wildman–Crippen LogP) is 4.07. The third kappa shape index (κ3) is 3.77. The Morgan fingerprint density at radius 3 is 2.42 bits per heavy atom. The van der Waals surface area contributed by atoms with Gasteiger partial charge in [0.05, 0.1) is 5.56 Å². The van der Waals surface area contributed by atoms with Gasteiger partial charge in [0.1, 0.15) is 11.3 Å². The molecule has 5 nitrogen and oxygen atoms in total. The Kier molecular flexibility index (Phi) is 5.07. The molecule has 0 aliphatic rings. The maximum absolute atomic E-state index is 12.3. The van der Waals surface area contributed by atoms with Crippen LogP contribution in [-0.2, 0) is 0 Å². The molecule has 0 atom stereocenters. The van der Waals surface area contributed by atoms with Crippen molar-refractivity contribution in [2.45, 2.75) is 20.8 Å². The molecule has 2 heterocycles. The summed E-state index contributed by atoms with van der Waals surface area (Å²) in [5.41, 5.74) is 1.87. The predicted molar refractivity (Wildman–Crippen MR) is 105 cm³/mol. The van der Waals surface area contributed by atoms with Crippen LogP contribution >= 0.6 is 0 Å². The molecule has 2 aromatic heterocycles. The summed E-state index contributed by atoms with van der Waals surface area (Å²) in [6.45, 7) is 7.65. The number of fused-ring (bicyclic) bond motifs is 1. The highest BCUT2D eigenvalue weighted by molar-refractivity contribution is 5.83. The van der Waals surface area contributed by atoms with E-state index in [1.165, 1.54) is 6.07 Å². The number of benzene rings is 1. The first-order valence-electron chi connectivity index (χ1n) is 8.63. The maximum atomic E-state index is 12.3. The largest absolute Gasteiger partial charge is 0.428 e. The van der Waals surface area contributed by atoms with Crippen molar-refractivity contribution in [2.24, 2.45) is 0 Å². The van der Waals surface area contributed by atoms with Crippen LogP contribution < -0.4 is 16.2 Å². The van der Waals surface area contributed by atoms with Gasteiger partial charge in [0.2, 0.25) is 0 Å². The summed E-state index contributed by atoms with van der Waals surface area (Å²) >= 11 is 0. The summed E-state index contributed by atoms with van der Waals surface area (Å²) in [5, 5.41) is 0.851. The van der Waals surface area contributed by atoms with E-state index in [1.807, 2.05) is 18.2 Å². The summed E-state index contributed by atoms with van der Waals surface area (Å²) in [6, 6.07) is 10.8. The van der Waals surface area contributed by atoms with Gasteiger partial charge in [-0.15, -0.1) is 0 Å². The van der Waals surface area contributed by atoms with E-state index >= 15 is 0 Å². The van der Waals surface area contributed by atoms with E-state index in [1.54, 1.807) is 31.2 Å². The molecule has 134 valence electrons. The molecule has 0 N–H and O–H groups in total. The van der Waals surface area contributed by atoms with Crippen LogP contribution in [0.5, 0.6) is 0 Å². The summed E-state index contributed by atoms with van der Waals surface area (Å²) in [6.07, 6.45) is 3.35. The molecule has 0 unspecified atom stereocenters. The van der Waals surface area contributed by atoms with Gasteiger partial charge in [-0.2, -0.15) is 0 Å². The van der Waals surface area contributed by atoms with Crippen LogP contribution in [0.15, 0.2) is 54.8 Å². The molecule has 0 bridgehead atoms. The smallest absolute Gasteiger partial charge is 0.343 e. The van der Waals surface area contributed by atoms with E-state index < -0.39 is 11.3 Å². The SMILES string of the molecule is CCN(CC)c1ccc2cc(/C=C/c3cc(C)oc(=O)c3)c(=O)oc2c1. The number of aryl methyl sites for hydroxylation is 1. The number of nitrogens with zero attached hydrogens (tertiary/aromatic N) is 1. The Morgan fingerprint density at radius 1 is 0.962 bits per heavy atom. The Labute approximate surface area is 151 Å².